The Kier molecular flexibility index (Phi) is 6.49. The Balaban J connectivity index is 1.88. The van der Waals surface area contributed by atoms with E-state index in [1.807, 2.05) is 6.07 Å². The van der Waals surface area contributed by atoms with E-state index < -0.39 is 28.6 Å². The van der Waals surface area contributed by atoms with Crippen LogP contribution in [0.2, 0.25) is 5.02 Å². The molecule has 1 unspecified atom stereocenters. The summed E-state index contributed by atoms with van der Waals surface area (Å²) in [4.78, 5) is 11.1. The maximum atomic E-state index is 13.9. The molecule has 0 aromatic heterocycles. The molecule has 0 heterocycles. The van der Waals surface area contributed by atoms with E-state index >= 15 is 0 Å². The van der Waals surface area contributed by atoms with Crippen molar-refractivity contribution >= 4 is 33.3 Å². The van der Waals surface area contributed by atoms with Crippen molar-refractivity contribution in [3.8, 4) is 11.5 Å². The van der Waals surface area contributed by atoms with Crippen molar-refractivity contribution in [3.05, 3.63) is 82.9 Å². The standard InChI is InChI=1S/C24H22ClNO6S/c25-20-14-16(27)12-13-22(20)26(33(30,31)17-6-2-1-3-7-17)21-10-4-9-19-18(21)8-5-11-23(19)32-15-24(28)29/h1-3,5-8,11-14,21,27H,4,9-10,15H2,(H,28,29). The van der Waals surface area contributed by atoms with Crippen molar-refractivity contribution in [1.29, 1.82) is 0 Å². The van der Waals surface area contributed by atoms with Crippen LogP contribution in [0.15, 0.2) is 71.6 Å². The van der Waals surface area contributed by atoms with E-state index in [0.29, 0.717) is 25.0 Å². The number of hydrogen-bond donors (Lipinski definition) is 2. The maximum Gasteiger partial charge on any atom is 0.341 e. The number of phenolic OH excluding ortho intramolecular Hbond substituents is 1. The average molecular weight is 488 g/mol. The molecule has 7 nitrogen and oxygen atoms in total. The van der Waals surface area contributed by atoms with Crippen LogP contribution in [0.4, 0.5) is 5.69 Å². The maximum absolute atomic E-state index is 13.9. The quantitative estimate of drug-likeness (QED) is 0.497. The average Bonchev–Trinajstić information content (AvgIpc) is 2.80. The number of carboxylic acids is 1. The zero-order valence-corrected chi connectivity index (χ0v) is 19.1. The van der Waals surface area contributed by atoms with Gasteiger partial charge >= 0.3 is 5.97 Å². The lowest BCUT2D eigenvalue weighted by atomic mass is 9.87. The fourth-order valence-corrected chi connectivity index (χ4v) is 6.17. The van der Waals surface area contributed by atoms with Crippen LogP contribution in [0.1, 0.15) is 30.0 Å². The van der Waals surface area contributed by atoms with Crippen molar-refractivity contribution in [2.75, 3.05) is 10.9 Å². The number of halogens is 1. The summed E-state index contributed by atoms with van der Waals surface area (Å²) in [6.07, 6.45) is 1.82. The van der Waals surface area contributed by atoms with Crippen molar-refractivity contribution in [3.63, 3.8) is 0 Å². The van der Waals surface area contributed by atoms with Gasteiger partial charge in [0.1, 0.15) is 11.5 Å². The minimum Gasteiger partial charge on any atom is -0.508 e. The van der Waals surface area contributed by atoms with Crippen molar-refractivity contribution < 1.29 is 28.2 Å². The lowest BCUT2D eigenvalue weighted by Gasteiger charge is -2.37. The van der Waals surface area contributed by atoms with E-state index in [-0.39, 0.29) is 21.4 Å². The summed E-state index contributed by atoms with van der Waals surface area (Å²) >= 11 is 6.42. The SMILES string of the molecule is O=C(O)COc1cccc2c1CCCC2N(c1ccc(O)cc1Cl)S(=O)(=O)c1ccccc1. The van der Waals surface area contributed by atoms with E-state index in [1.54, 1.807) is 30.3 Å². The van der Waals surface area contributed by atoms with Gasteiger partial charge in [-0.1, -0.05) is 41.9 Å². The molecule has 3 aromatic rings. The fourth-order valence-electron chi connectivity index (χ4n) is 4.15. The molecule has 0 spiro atoms. The van der Waals surface area contributed by atoms with Crippen LogP contribution in [0.25, 0.3) is 0 Å². The Morgan fingerprint density at radius 3 is 2.55 bits per heavy atom. The minimum absolute atomic E-state index is 0.0748. The molecular weight excluding hydrogens is 466 g/mol. The van der Waals surface area contributed by atoms with Crippen molar-refractivity contribution in [2.45, 2.75) is 30.2 Å². The number of phenols is 1. The van der Waals surface area contributed by atoms with Gasteiger partial charge in [0.25, 0.3) is 10.0 Å². The zero-order chi connectivity index (χ0) is 23.6. The monoisotopic (exact) mass is 487 g/mol. The third kappa shape index (κ3) is 4.62. The van der Waals surface area contributed by atoms with Crippen molar-refractivity contribution in [2.24, 2.45) is 0 Å². The molecule has 172 valence electrons. The van der Waals surface area contributed by atoms with Crippen LogP contribution < -0.4 is 9.04 Å². The van der Waals surface area contributed by atoms with Gasteiger partial charge in [0, 0.05) is 6.07 Å². The first-order valence-electron chi connectivity index (χ1n) is 10.3. The molecule has 33 heavy (non-hydrogen) atoms. The highest BCUT2D eigenvalue weighted by Crippen LogP contribution is 2.45. The van der Waals surface area contributed by atoms with E-state index in [9.17, 15) is 18.3 Å². The summed E-state index contributed by atoms with van der Waals surface area (Å²) < 4.78 is 34.5. The molecule has 0 saturated carbocycles. The largest absolute Gasteiger partial charge is 0.508 e. The van der Waals surface area contributed by atoms with Crippen LogP contribution in [-0.4, -0.2) is 31.2 Å². The number of carbonyl (C=O) groups is 1. The van der Waals surface area contributed by atoms with E-state index in [1.165, 1.54) is 34.6 Å². The van der Waals surface area contributed by atoms with Gasteiger partial charge in [-0.25, -0.2) is 13.2 Å². The van der Waals surface area contributed by atoms with Gasteiger partial charge in [-0.2, -0.15) is 0 Å². The Morgan fingerprint density at radius 2 is 1.85 bits per heavy atom. The zero-order valence-electron chi connectivity index (χ0n) is 17.5. The molecule has 0 aliphatic heterocycles. The van der Waals surface area contributed by atoms with Gasteiger partial charge in [-0.3, -0.25) is 4.31 Å². The number of aromatic hydroxyl groups is 1. The highest BCUT2D eigenvalue weighted by atomic mass is 35.5. The first-order valence-corrected chi connectivity index (χ1v) is 12.1. The number of nitrogens with zero attached hydrogens (tertiary/aromatic N) is 1. The van der Waals surface area contributed by atoms with Gasteiger partial charge in [0.15, 0.2) is 6.61 Å². The van der Waals surface area contributed by atoms with E-state index in [2.05, 4.69) is 0 Å². The summed E-state index contributed by atoms with van der Waals surface area (Å²) in [7, 11) is -4.04. The first-order chi connectivity index (χ1) is 15.8. The summed E-state index contributed by atoms with van der Waals surface area (Å²) in [5, 5.41) is 18.9. The topological polar surface area (TPSA) is 104 Å². The van der Waals surface area contributed by atoms with Gasteiger partial charge in [0.2, 0.25) is 0 Å². The lowest BCUT2D eigenvalue weighted by Crippen LogP contribution is -2.37. The van der Waals surface area contributed by atoms with E-state index in [4.69, 9.17) is 21.4 Å². The van der Waals surface area contributed by atoms with Gasteiger partial charge in [-0.05, 0) is 60.7 Å². The van der Waals surface area contributed by atoms with Gasteiger partial charge in [0.05, 0.1) is 21.6 Å². The normalized spacial score (nSPS) is 15.5. The molecule has 0 fully saturated rings. The minimum atomic E-state index is -4.04. The number of ether oxygens (including phenoxy) is 1. The molecule has 0 amide bonds. The van der Waals surface area contributed by atoms with Crippen LogP contribution in [0.5, 0.6) is 11.5 Å². The second-order valence-electron chi connectivity index (χ2n) is 7.66. The Morgan fingerprint density at radius 1 is 1.09 bits per heavy atom. The predicted octanol–water partition coefficient (Wildman–Crippen LogP) is 4.78. The van der Waals surface area contributed by atoms with Gasteiger partial charge in [-0.15, -0.1) is 0 Å². The van der Waals surface area contributed by atoms with Crippen LogP contribution in [0, 0.1) is 0 Å². The molecule has 0 saturated heterocycles. The highest BCUT2D eigenvalue weighted by Gasteiger charge is 2.37. The summed E-state index contributed by atoms with van der Waals surface area (Å²) in [5.74, 6) is -0.744. The second-order valence-corrected chi connectivity index (χ2v) is 9.89. The molecule has 0 radical (unpaired) electrons. The molecule has 1 aliphatic carbocycles. The number of benzene rings is 3. The number of aliphatic carboxylic acids is 1. The first kappa shape index (κ1) is 22.9. The summed E-state index contributed by atoms with van der Waals surface area (Å²) in [5.41, 5.74) is 1.75. The number of sulfonamides is 1. The molecular formula is C24H22ClNO6S. The molecule has 9 heteroatoms. The predicted molar refractivity (Wildman–Crippen MR) is 124 cm³/mol. The third-order valence-electron chi connectivity index (χ3n) is 5.54. The Bertz CT molecular complexity index is 1280. The highest BCUT2D eigenvalue weighted by molar-refractivity contribution is 7.92. The molecule has 4 rings (SSSR count). The fraction of sp³-hybridized carbons (Fsp3) is 0.208. The van der Waals surface area contributed by atoms with Crippen LogP contribution in [0.3, 0.4) is 0 Å². The summed E-state index contributed by atoms with van der Waals surface area (Å²) in [6.45, 7) is -0.489. The number of hydrogen-bond acceptors (Lipinski definition) is 5. The van der Waals surface area contributed by atoms with Gasteiger partial charge < -0.3 is 14.9 Å². The lowest BCUT2D eigenvalue weighted by molar-refractivity contribution is -0.139. The number of carboxylic acid groups (broad SMARTS) is 1. The number of anilines is 1. The molecule has 2 N–H and O–H groups in total. The Hall–Kier alpha value is -3.23. The number of rotatable bonds is 7. The summed E-state index contributed by atoms with van der Waals surface area (Å²) in [6, 6.07) is 16.9. The molecule has 0 bridgehead atoms. The van der Waals surface area contributed by atoms with Crippen LogP contribution >= 0.6 is 11.6 Å². The Labute approximate surface area is 196 Å². The van der Waals surface area contributed by atoms with Crippen LogP contribution in [-0.2, 0) is 21.2 Å². The molecule has 1 aliphatic rings. The van der Waals surface area contributed by atoms with Crippen molar-refractivity contribution in [1.82, 2.24) is 0 Å². The molecule has 3 aromatic carbocycles. The van der Waals surface area contributed by atoms with E-state index in [0.717, 1.165) is 11.1 Å². The molecule has 1 atom stereocenters. The third-order valence-corrected chi connectivity index (χ3v) is 7.68. The number of fused-ring (bicyclic) bond motifs is 1. The smallest absolute Gasteiger partial charge is 0.341 e. The second kappa shape index (κ2) is 9.33.